The van der Waals surface area contributed by atoms with Gasteiger partial charge in [0.2, 0.25) is 0 Å². The summed E-state index contributed by atoms with van der Waals surface area (Å²) in [7, 11) is 0. The van der Waals surface area contributed by atoms with Crippen molar-refractivity contribution in [3.8, 4) is 0 Å². The summed E-state index contributed by atoms with van der Waals surface area (Å²) in [5, 5.41) is 4.38. The van der Waals surface area contributed by atoms with Crippen LogP contribution in [0.15, 0.2) is 31.0 Å². The Balaban J connectivity index is 1.47. The topological polar surface area (TPSA) is 67.2 Å². The van der Waals surface area contributed by atoms with E-state index >= 15 is 0 Å². The van der Waals surface area contributed by atoms with Gasteiger partial charge in [-0.25, -0.2) is 4.98 Å². The van der Waals surface area contributed by atoms with Crippen LogP contribution in [0.25, 0.3) is 0 Å². The Hall–Kier alpha value is -2.28. The molecular weight excluding hydrogens is 316 g/mol. The minimum atomic E-state index is 0.00523. The first kappa shape index (κ1) is 16.2. The number of piperidine rings is 1. The number of aromatic nitrogens is 4. The van der Waals surface area contributed by atoms with Crippen LogP contribution in [0.3, 0.4) is 0 Å². The number of hydrogen-bond acceptors (Lipinski definition) is 5. The molecule has 2 bridgehead atoms. The molecule has 2 aromatic heterocycles. The summed E-state index contributed by atoms with van der Waals surface area (Å²) in [5.41, 5.74) is 1.70. The molecule has 2 atom stereocenters. The van der Waals surface area contributed by atoms with Crippen molar-refractivity contribution in [1.82, 2.24) is 29.5 Å². The van der Waals surface area contributed by atoms with Crippen molar-refractivity contribution in [1.29, 1.82) is 0 Å². The molecule has 7 heteroatoms. The summed E-state index contributed by atoms with van der Waals surface area (Å²) in [6.07, 6.45) is 11.2. The van der Waals surface area contributed by atoms with Crippen LogP contribution in [0.4, 0.5) is 0 Å². The van der Waals surface area contributed by atoms with E-state index in [1.807, 2.05) is 15.8 Å². The number of hydrogen-bond donors (Lipinski definition) is 0. The van der Waals surface area contributed by atoms with Gasteiger partial charge in [0.1, 0.15) is 5.69 Å². The quantitative estimate of drug-likeness (QED) is 0.842. The number of fused-ring (bicyclic) bond motifs is 4. The van der Waals surface area contributed by atoms with Gasteiger partial charge < -0.3 is 4.90 Å². The van der Waals surface area contributed by atoms with Crippen molar-refractivity contribution < 1.29 is 4.79 Å². The van der Waals surface area contributed by atoms with Gasteiger partial charge in [-0.2, -0.15) is 5.10 Å². The van der Waals surface area contributed by atoms with E-state index in [4.69, 9.17) is 0 Å². The lowest BCUT2D eigenvalue weighted by Crippen LogP contribution is -2.43. The van der Waals surface area contributed by atoms with E-state index in [1.54, 1.807) is 18.6 Å². The Morgan fingerprint density at radius 2 is 2.12 bits per heavy atom. The summed E-state index contributed by atoms with van der Waals surface area (Å²) >= 11 is 0. The zero-order valence-corrected chi connectivity index (χ0v) is 14.6. The first-order valence-corrected chi connectivity index (χ1v) is 9.03. The fourth-order valence-corrected chi connectivity index (χ4v) is 4.01. The third kappa shape index (κ3) is 3.42. The van der Waals surface area contributed by atoms with Gasteiger partial charge in [0.05, 0.1) is 12.4 Å². The van der Waals surface area contributed by atoms with Gasteiger partial charge in [-0.3, -0.25) is 19.4 Å². The third-order valence-corrected chi connectivity index (χ3v) is 5.29. The molecule has 3 fully saturated rings. The maximum atomic E-state index is 12.8. The summed E-state index contributed by atoms with van der Waals surface area (Å²) < 4.78 is 1.97. The molecule has 0 radical (unpaired) electrons. The lowest BCUT2D eigenvalue weighted by Gasteiger charge is -2.35. The van der Waals surface area contributed by atoms with Gasteiger partial charge in [0.25, 0.3) is 5.91 Å². The zero-order chi connectivity index (χ0) is 17.2. The van der Waals surface area contributed by atoms with Crippen LogP contribution in [0.2, 0.25) is 0 Å². The maximum absolute atomic E-state index is 12.8. The van der Waals surface area contributed by atoms with Crippen LogP contribution < -0.4 is 0 Å². The Labute approximate surface area is 147 Å². The third-order valence-electron chi connectivity index (χ3n) is 5.29. The van der Waals surface area contributed by atoms with E-state index in [-0.39, 0.29) is 5.91 Å². The second-order valence-electron chi connectivity index (χ2n) is 7.03. The number of rotatable bonds is 4. The van der Waals surface area contributed by atoms with Crippen molar-refractivity contribution in [2.45, 2.75) is 38.9 Å². The standard InChI is InChI=1S/C18H24N6O/c1-2-24-12-15(7-21-24)11-22-9-14-3-4-16(22)13-23(10-14)18(25)17-8-19-5-6-20-17/h5-8,12,14,16H,2-4,9-11,13H2,1H3/t14-,16-/m1/s1. The fraction of sp³-hybridized carbons (Fsp3) is 0.556. The Kier molecular flexibility index (Phi) is 4.48. The van der Waals surface area contributed by atoms with Crippen molar-refractivity contribution >= 4 is 5.91 Å². The van der Waals surface area contributed by atoms with E-state index in [0.29, 0.717) is 17.7 Å². The van der Waals surface area contributed by atoms with Crippen molar-refractivity contribution in [3.05, 3.63) is 42.2 Å². The smallest absolute Gasteiger partial charge is 0.274 e. The number of amides is 1. The second-order valence-corrected chi connectivity index (χ2v) is 7.03. The lowest BCUT2D eigenvalue weighted by molar-refractivity contribution is 0.0729. The molecule has 3 aliphatic rings. The molecule has 2 aromatic rings. The minimum Gasteiger partial charge on any atom is -0.335 e. The molecule has 5 heterocycles. The number of aryl methyl sites for hydroxylation is 1. The molecule has 0 aromatic carbocycles. The van der Waals surface area contributed by atoms with Crippen molar-refractivity contribution in [2.75, 3.05) is 19.6 Å². The van der Waals surface area contributed by atoms with Crippen LogP contribution >= 0.6 is 0 Å². The van der Waals surface area contributed by atoms with Crippen molar-refractivity contribution in [2.24, 2.45) is 5.92 Å². The molecule has 25 heavy (non-hydrogen) atoms. The van der Waals surface area contributed by atoms with Crippen LogP contribution in [0, 0.1) is 5.92 Å². The first-order valence-electron chi connectivity index (χ1n) is 9.03. The highest BCUT2D eigenvalue weighted by atomic mass is 16.2. The predicted octanol–water partition coefficient (Wildman–Crippen LogP) is 1.43. The number of carbonyl (C=O) groups is 1. The Morgan fingerprint density at radius 1 is 1.20 bits per heavy atom. The van der Waals surface area contributed by atoms with Gasteiger partial charge in [-0.15, -0.1) is 0 Å². The van der Waals surface area contributed by atoms with Crippen LogP contribution in [-0.4, -0.2) is 61.1 Å². The SMILES string of the molecule is CCn1cc(CN2C[C@H]3CC[C@@H]2CN(C(=O)c2cnccn2)C3)cn1. The largest absolute Gasteiger partial charge is 0.335 e. The highest BCUT2D eigenvalue weighted by Gasteiger charge is 2.37. The predicted molar refractivity (Wildman–Crippen MR) is 92.8 cm³/mol. The van der Waals surface area contributed by atoms with Crippen LogP contribution in [-0.2, 0) is 13.1 Å². The molecule has 1 amide bonds. The average molecular weight is 340 g/mol. The van der Waals surface area contributed by atoms with Crippen LogP contribution in [0.1, 0.15) is 35.8 Å². The average Bonchev–Trinajstić information content (AvgIpc) is 2.91. The first-order chi connectivity index (χ1) is 12.2. The zero-order valence-electron chi connectivity index (χ0n) is 14.6. The highest BCUT2D eigenvalue weighted by molar-refractivity contribution is 5.92. The molecule has 7 nitrogen and oxygen atoms in total. The van der Waals surface area contributed by atoms with Crippen molar-refractivity contribution in [3.63, 3.8) is 0 Å². The Morgan fingerprint density at radius 3 is 2.88 bits per heavy atom. The van der Waals surface area contributed by atoms with E-state index < -0.39 is 0 Å². The van der Waals surface area contributed by atoms with Gasteiger partial charge in [-0.1, -0.05) is 0 Å². The molecule has 0 N–H and O–H groups in total. The normalized spacial score (nSPS) is 23.6. The summed E-state index contributed by atoms with van der Waals surface area (Å²) in [4.78, 5) is 25.5. The molecular formula is C18H24N6O. The fourth-order valence-electron chi connectivity index (χ4n) is 4.01. The van der Waals surface area contributed by atoms with Gasteiger partial charge >= 0.3 is 0 Å². The number of nitrogens with zero attached hydrogens (tertiary/aromatic N) is 6. The van der Waals surface area contributed by atoms with E-state index in [9.17, 15) is 4.79 Å². The molecule has 0 unspecified atom stereocenters. The van der Waals surface area contributed by atoms with E-state index in [0.717, 1.165) is 39.1 Å². The van der Waals surface area contributed by atoms with Crippen LogP contribution in [0.5, 0.6) is 0 Å². The van der Waals surface area contributed by atoms with Gasteiger partial charge in [0, 0.05) is 62.9 Å². The van der Waals surface area contributed by atoms with E-state index in [2.05, 4.69) is 33.1 Å². The molecule has 5 rings (SSSR count). The second kappa shape index (κ2) is 6.92. The van der Waals surface area contributed by atoms with Gasteiger partial charge in [0.15, 0.2) is 0 Å². The maximum Gasteiger partial charge on any atom is 0.274 e. The molecule has 3 aliphatic heterocycles. The molecule has 0 aliphatic carbocycles. The molecule has 3 saturated heterocycles. The summed E-state index contributed by atoms with van der Waals surface area (Å²) in [5.74, 6) is 0.534. The monoisotopic (exact) mass is 340 g/mol. The summed E-state index contributed by atoms with van der Waals surface area (Å²) in [6.45, 7) is 6.54. The summed E-state index contributed by atoms with van der Waals surface area (Å²) in [6, 6.07) is 0.407. The van der Waals surface area contributed by atoms with Gasteiger partial charge in [-0.05, 0) is 25.7 Å². The highest BCUT2D eigenvalue weighted by Crippen LogP contribution is 2.29. The molecule has 0 spiro atoms. The minimum absolute atomic E-state index is 0.00523. The molecule has 0 saturated carbocycles. The number of carbonyl (C=O) groups excluding carboxylic acids is 1. The lowest BCUT2D eigenvalue weighted by atomic mass is 9.95. The Bertz CT molecular complexity index is 730. The van der Waals surface area contributed by atoms with E-state index in [1.165, 1.54) is 12.0 Å². The molecule has 132 valence electrons.